The summed E-state index contributed by atoms with van der Waals surface area (Å²) in [7, 11) is 0. The van der Waals surface area contributed by atoms with Crippen LogP contribution in [0.3, 0.4) is 0 Å². The Balaban J connectivity index is 2.05. The van der Waals surface area contributed by atoms with Gasteiger partial charge in [-0.1, -0.05) is 35.0 Å². The van der Waals surface area contributed by atoms with Gasteiger partial charge in [0.1, 0.15) is 0 Å². The maximum Gasteiger partial charge on any atom is 0.209 e. The van der Waals surface area contributed by atoms with E-state index < -0.39 is 0 Å². The average molecular weight is 311 g/mol. The fraction of sp³-hybridized carbons (Fsp3) is 0.500. The minimum Gasteiger partial charge on any atom is -0.343 e. The smallest absolute Gasteiger partial charge is 0.209 e. The number of rotatable bonds is 4. The number of nitrogens with zero attached hydrogens (tertiary/aromatic N) is 2. The van der Waals surface area contributed by atoms with Crippen LogP contribution >= 0.6 is 15.9 Å². The zero-order valence-corrected chi connectivity index (χ0v) is 12.3. The summed E-state index contributed by atoms with van der Waals surface area (Å²) in [6.45, 7) is 5.84. The second-order valence-electron chi connectivity index (χ2n) is 4.65. The second kappa shape index (κ2) is 6.34. The molecule has 1 aliphatic heterocycles. The lowest BCUT2D eigenvalue weighted by atomic mass is 10.0. The largest absolute Gasteiger partial charge is 0.343 e. The van der Waals surface area contributed by atoms with Crippen LogP contribution < -0.4 is 0 Å². The van der Waals surface area contributed by atoms with Gasteiger partial charge >= 0.3 is 0 Å². The second-order valence-corrected chi connectivity index (χ2v) is 5.57. The summed E-state index contributed by atoms with van der Waals surface area (Å²) in [5.74, 6) is 0. The summed E-state index contributed by atoms with van der Waals surface area (Å²) < 4.78 is 1.12. The van der Waals surface area contributed by atoms with Crippen LogP contribution in [0, 0.1) is 0 Å². The summed E-state index contributed by atoms with van der Waals surface area (Å²) in [4.78, 5) is 15.0. The molecule has 0 unspecified atom stereocenters. The van der Waals surface area contributed by atoms with Gasteiger partial charge in [-0.2, -0.15) is 0 Å². The number of halogens is 1. The maximum absolute atomic E-state index is 10.7. The third-order valence-electron chi connectivity index (χ3n) is 3.58. The van der Waals surface area contributed by atoms with Crippen LogP contribution in [-0.4, -0.2) is 42.4 Å². The number of hydrogen-bond donors (Lipinski definition) is 0. The first-order chi connectivity index (χ1) is 8.74. The molecule has 3 nitrogen and oxygen atoms in total. The van der Waals surface area contributed by atoms with Crippen molar-refractivity contribution in [2.24, 2.45) is 0 Å². The van der Waals surface area contributed by atoms with Crippen LogP contribution in [0.4, 0.5) is 0 Å². The zero-order valence-electron chi connectivity index (χ0n) is 10.7. The summed E-state index contributed by atoms with van der Waals surface area (Å²) in [5.41, 5.74) is 1.36. The number of benzene rings is 1. The van der Waals surface area contributed by atoms with Crippen molar-refractivity contribution in [1.82, 2.24) is 9.80 Å². The topological polar surface area (TPSA) is 23.6 Å². The van der Waals surface area contributed by atoms with E-state index in [-0.39, 0.29) is 0 Å². The Morgan fingerprint density at radius 1 is 1.22 bits per heavy atom. The summed E-state index contributed by atoms with van der Waals surface area (Å²) in [6, 6.07) is 9.03. The Bertz CT molecular complexity index is 385. The van der Waals surface area contributed by atoms with E-state index in [4.69, 9.17) is 0 Å². The Labute approximate surface area is 117 Å². The van der Waals surface area contributed by atoms with E-state index in [9.17, 15) is 4.79 Å². The molecule has 1 heterocycles. The number of amides is 1. The zero-order chi connectivity index (χ0) is 13.0. The molecule has 0 aliphatic carbocycles. The molecule has 1 fully saturated rings. The number of carbonyl (C=O) groups is 1. The molecule has 0 aromatic heterocycles. The predicted molar refractivity (Wildman–Crippen MR) is 76.4 cm³/mol. The highest BCUT2D eigenvalue weighted by Gasteiger charge is 2.22. The molecule has 1 aliphatic rings. The summed E-state index contributed by atoms with van der Waals surface area (Å²) in [6.07, 6.45) is 2.06. The van der Waals surface area contributed by atoms with Gasteiger partial charge < -0.3 is 4.90 Å². The van der Waals surface area contributed by atoms with Gasteiger partial charge in [-0.15, -0.1) is 0 Å². The Kier molecular flexibility index (Phi) is 4.78. The van der Waals surface area contributed by atoms with Crippen molar-refractivity contribution in [3.05, 3.63) is 34.3 Å². The van der Waals surface area contributed by atoms with Gasteiger partial charge in [0.05, 0.1) is 0 Å². The number of carbonyl (C=O) groups excluding carboxylic acids is 1. The molecular weight excluding hydrogens is 292 g/mol. The fourth-order valence-corrected chi connectivity index (χ4v) is 2.81. The highest BCUT2D eigenvalue weighted by atomic mass is 79.9. The minimum absolute atomic E-state index is 0.465. The van der Waals surface area contributed by atoms with E-state index >= 15 is 0 Å². The molecule has 1 aromatic rings. The van der Waals surface area contributed by atoms with E-state index in [2.05, 4.69) is 52.0 Å². The van der Waals surface area contributed by atoms with Crippen molar-refractivity contribution in [2.45, 2.75) is 19.4 Å². The Morgan fingerprint density at radius 2 is 1.83 bits per heavy atom. The predicted octanol–water partition coefficient (Wildman–Crippen LogP) is 2.67. The van der Waals surface area contributed by atoms with Crippen molar-refractivity contribution < 1.29 is 4.79 Å². The Hall–Kier alpha value is -0.870. The molecule has 18 heavy (non-hydrogen) atoms. The molecule has 1 saturated heterocycles. The first-order valence-corrected chi connectivity index (χ1v) is 7.22. The third-order valence-corrected chi connectivity index (χ3v) is 4.11. The molecule has 1 amide bonds. The highest BCUT2D eigenvalue weighted by Crippen LogP contribution is 2.26. The maximum atomic E-state index is 10.7. The number of hydrogen-bond acceptors (Lipinski definition) is 2. The van der Waals surface area contributed by atoms with Crippen LogP contribution in [-0.2, 0) is 4.79 Å². The van der Waals surface area contributed by atoms with Crippen LogP contribution in [0.1, 0.15) is 24.9 Å². The van der Waals surface area contributed by atoms with Crippen LogP contribution in [0.15, 0.2) is 28.7 Å². The van der Waals surface area contributed by atoms with Gasteiger partial charge in [0.15, 0.2) is 0 Å². The van der Waals surface area contributed by atoms with Gasteiger partial charge in [-0.25, -0.2) is 0 Å². The normalized spacial score (nSPS) is 18.7. The van der Waals surface area contributed by atoms with E-state index in [1.807, 2.05) is 4.90 Å². The molecule has 0 radical (unpaired) electrons. The van der Waals surface area contributed by atoms with Crippen molar-refractivity contribution in [2.75, 3.05) is 26.2 Å². The lowest BCUT2D eigenvalue weighted by molar-refractivity contribution is -0.120. The van der Waals surface area contributed by atoms with E-state index in [1.54, 1.807) is 0 Å². The molecule has 1 aromatic carbocycles. The van der Waals surface area contributed by atoms with Crippen molar-refractivity contribution in [1.29, 1.82) is 0 Å². The first kappa shape index (κ1) is 13.6. The first-order valence-electron chi connectivity index (χ1n) is 6.43. The number of piperazine rings is 1. The monoisotopic (exact) mass is 310 g/mol. The molecule has 2 rings (SSSR count). The molecule has 0 spiro atoms. The third kappa shape index (κ3) is 3.12. The molecule has 0 bridgehead atoms. The molecular formula is C14H19BrN2O. The van der Waals surface area contributed by atoms with Crippen molar-refractivity contribution >= 4 is 22.3 Å². The van der Waals surface area contributed by atoms with E-state index in [1.165, 1.54) is 5.56 Å². The Morgan fingerprint density at radius 3 is 2.33 bits per heavy atom. The van der Waals surface area contributed by atoms with Crippen LogP contribution in [0.5, 0.6) is 0 Å². The van der Waals surface area contributed by atoms with Crippen LogP contribution in [0.2, 0.25) is 0 Å². The lowest BCUT2D eigenvalue weighted by Gasteiger charge is -2.38. The molecule has 1 atom stereocenters. The fourth-order valence-electron chi connectivity index (χ4n) is 2.54. The summed E-state index contributed by atoms with van der Waals surface area (Å²) in [5, 5.41) is 0. The van der Waals surface area contributed by atoms with Crippen molar-refractivity contribution in [3.63, 3.8) is 0 Å². The van der Waals surface area contributed by atoms with Crippen molar-refractivity contribution in [3.8, 4) is 0 Å². The van der Waals surface area contributed by atoms with Gasteiger partial charge in [0.25, 0.3) is 0 Å². The minimum atomic E-state index is 0.465. The molecule has 98 valence electrons. The molecule has 4 heteroatoms. The van der Waals surface area contributed by atoms with Gasteiger partial charge in [0, 0.05) is 36.7 Å². The standard InChI is InChI=1S/C14H19BrN2O/c1-2-14(12-3-5-13(15)6-4-12)17-9-7-16(11-18)8-10-17/h3-6,11,14H,2,7-10H2,1H3/t14-/m0/s1. The van der Waals surface area contributed by atoms with Crippen LogP contribution in [0.25, 0.3) is 0 Å². The van der Waals surface area contributed by atoms with E-state index in [0.717, 1.165) is 43.5 Å². The molecule has 0 saturated carbocycles. The van der Waals surface area contributed by atoms with E-state index in [0.29, 0.717) is 6.04 Å². The molecule has 0 N–H and O–H groups in total. The highest BCUT2D eigenvalue weighted by molar-refractivity contribution is 9.10. The average Bonchev–Trinajstić information content (AvgIpc) is 2.42. The SMILES string of the molecule is CC[C@@H](c1ccc(Br)cc1)N1CCN(C=O)CC1. The summed E-state index contributed by atoms with van der Waals surface area (Å²) >= 11 is 3.47. The quantitative estimate of drug-likeness (QED) is 0.798. The van der Waals surface area contributed by atoms with Gasteiger partial charge in [-0.3, -0.25) is 9.69 Å². The lowest BCUT2D eigenvalue weighted by Crippen LogP contribution is -2.46. The van der Waals surface area contributed by atoms with Gasteiger partial charge in [0.2, 0.25) is 6.41 Å². The van der Waals surface area contributed by atoms with Gasteiger partial charge in [-0.05, 0) is 24.1 Å².